The number of benzene rings is 3. The van der Waals surface area contributed by atoms with E-state index in [1.54, 1.807) is 30.1 Å². The molecule has 0 spiro atoms. The second-order valence-electron chi connectivity index (χ2n) is 7.18. The molecule has 2 N–H and O–H groups in total. The molecule has 1 aromatic heterocycles. The topological polar surface area (TPSA) is 79.5 Å². The number of para-hydroxylation sites is 2. The molecule has 4 aromatic rings. The molecule has 0 saturated heterocycles. The number of hydrogen-bond donors (Lipinski definition) is 2. The fourth-order valence-electron chi connectivity index (χ4n) is 3.11. The lowest BCUT2D eigenvalue weighted by Gasteiger charge is -2.08. The fourth-order valence-corrected chi connectivity index (χ4v) is 4.15. The number of carbonyl (C=O) groups is 1. The average Bonchev–Trinajstić information content (AvgIpc) is 3.11. The number of amides is 1. The van der Waals surface area contributed by atoms with Crippen LogP contribution in [0.15, 0.2) is 93.9 Å². The van der Waals surface area contributed by atoms with Gasteiger partial charge in [0.1, 0.15) is 10.8 Å². The number of rotatable bonds is 6. The normalized spacial score (nSPS) is 11.1. The Morgan fingerprint density at radius 2 is 1.69 bits per heavy atom. The number of nitrogens with zero attached hydrogens (tertiary/aromatic N) is 3. The molecule has 4 rings (SSSR count). The molecule has 0 radical (unpaired) electrons. The van der Waals surface area contributed by atoms with Crippen LogP contribution in [0.4, 0.5) is 0 Å². The summed E-state index contributed by atoms with van der Waals surface area (Å²) in [5, 5.41) is 19.6. The molecular formula is C25H22N4O2S. The summed E-state index contributed by atoms with van der Waals surface area (Å²) in [6.07, 6.45) is 1.59. The molecule has 0 saturated carbocycles. The summed E-state index contributed by atoms with van der Waals surface area (Å²) in [5.74, 6) is -0.580. The highest BCUT2D eigenvalue weighted by Gasteiger charge is 2.17. The second kappa shape index (κ2) is 9.53. The predicted octanol–water partition coefficient (Wildman–Crippen LogP) is 5.11. The summed E-state index contributed by atoms with van der Waals surface area (Å²) >= 11 is 1.58. The maximum atomic E-state index is 12.4. The van der Waals surface area contributed by atoms with Gasteiger partial charge in [0.25, 0.3) is 5.91 Å². The Balaban J connectivity index is 1.67. The number of aryl methyl sites for hydroxylation is 2. The molecule has 6 nitrogen and oxygen atoms in total. The summed E-state index contributed by atoms with van der Waals surface area (Å²) in [7, 11) is 0. The van der Waals surface area contributed by atoms with Crippen molar-refractivity contribution in [1.82, 2.24) is 15.2 Å². The quantitative estimate of drug-likeness (QED) is 0.321. The monoisotopic (exact) mass is 442 g/mol. The Labute approximate surface area is 190 Å². The first kappa shape index (κ1) is 21.4. The van der Waals surface area contributed by atoms with E-state index in [1.807, 2.05) is 41.9 Å². The minimum atomic E-state index is -0.486. The van der Waals surface area contributed by atoms with E-state index in [4.69, 9.17) is 5.10 Å². The highest BCUT2D eigenvalue weighted by molar-refractivity contribution is 7.99. The summed E-state index contributed by atoms with van der Waals surface area (Å²) < 4.78 is 1.88. The van der Waals surface area contributed by atoms with Gasteiger partial charge >= 0.3 is 0 Å². The van der Waals surface area contributed by atoms with Crippen LogP contribution < -0.4 is 5.43 Å². The summed E-state index contributed by atoms with van der Waals surface area (Å²) in [6.45, 7) is 3.96. The van der Waals surface area contributed by atoms with Gasteiger partial charge in [0.05, 0.1) is 28.7 Å². The summed E-state index contributed by atoms with van der Waals surface area (Å²) in [6, 6.07) is 24.5. The van der Waals surface area contributed by atoms with Crippen molar-refractivity contribution in [2.24, 2.45) is 5.10 Å². The average molecular weight is 443 g/mol. The van der Waals surface area contributed by atoms with E-state index >= 15 is 0 Å². The van der Waals surface area contributed by atoms with E-state index in [-0.39, 0.29) is 11.3 Å². The van der Waals surface area contributed by atoms with Crippen LogP contribution in [0.5, 0.6) is 5.75 Å². The molecule has 0 aliphatic heterocycles. The maximum absolute atomic E-state index is 12.4. The van der Waals surface area contributed by atoms with Crippen LogP contribution in [0.2, 0.25) is 0 Å². The van der Waals surface area contributed by atoms with Gasteiger partial charge in [0.2, 0.25) is 0 Å². The molecule has 0 aliphatic carbocycles. The molecule has 0 bridgehead atoms. The largest absolute Gasteiger partial charge is 0.507 e. The minimum Gasteiger partial charge on any atom is -0.507 e. The third-order valence-electron chi connectivity index (χ3n) is 4.81. The molecular weight excluding hydrogens is 420 g/mol. The van der Waals surface area contributed by atoms with Gasteiger partial charge in [-0.2, -0.15) is 10.2 Å². The lowest BCUT2D eigenvalue weighted by atomic mass is 10.2. The van der Waals surface area contributed by atoms with Crippen molar-refractivity contribution < 1.29 is 9.90 Å². The van der Waals surface area contributed by atoms with Crippen LogP contribution in [0, 0.1) is 13.8 Å². The molecule has 3 aromatic carbocycles. The van der Waals surface area contributed by atoms with Crippen molar-refractivity contribution in [2.45, 2.75) is 23.8 Å². The molecule has 0 aliphatic rings. The van der Waals surface area contributed by atoms with Gasteiger partial charge in [-0.15, -0.1) is 0 Å². The van der Waals surface area contributed by atoms with Crippen molar-refractivity contribution in [3.8, 4) is 11.4 Å². The van der Waals surface area contributed by atoms with E-state index < -0.39 is 5.91 Å². The zero-order valence-corrected chi connectivity index (χ0v) is 18.5. The second-order valence-corrected chi connectivity index (χ2v) is 8.25. The summed E-state index contributed by atoms with van der Waals surface area (Å²) in [4.78, 5) is 13.4. The smallest absolute Gasteiger partial charge is 0.275 e. The van der Waals surface area contributed by atoms with Crippen molar-refractivity contribution in [1.29, 1.82) is 0 Å². The minimum absolute atomic E-state index is 0.0936. The number of hydrazone groups is 1. The highest BCUT2D eigenvalue weighted by Crippen LogP contribution is 2.33. The summed E-state index contributed by atoms with van der Waals surface area (Å²) in [5.41, 5.74) is 6.36. The van der Waals surface area contributed by atoms with Gasteiger partial charge in [-0.1, -0.05) is 59.8 Å². The van der Waals surface area contributed by atoms with E-state index in [2.05, 4.69) is 41.7 Å². The van der Waals surface area contributed by atoms with Gasteiger partial charge < -0.3 is 5.11 Å². The number of phenolic OH excluding ortho intramolecular Hbond substituents is 1. The van der Waals surface area contributed by atoms with Crippen LogP contribution in [0.1, 0.15) is 27.2 Å². The molecule has 7 heteroatoms. The van der Waals surface area contributed by atoms with Gasteiger partial charge in [0.15, 0.2) is 0 Å². The van der Waals surface area contributed by atoms with Crippen LogP contribution >= 0.6 is 11.8 Å². The number of hydrogen-bond acceptors (Lipinski definition) is 5. The molecule has 1 amide bonds. The number of nitrogens with one attached hydrogen (secondary N) is 1. The van der Waals surface area contributed by atoms with Crippen LogP contribution in [-0.4, -0.2) is 27.0 Å². The first-order chi connectivity index (χ1) is 15.5. The Morgan fingerprint density at radius 1 is 1.00 bits per heavy atom. The number of aromatic hydroxyl groups is 1. The lowest BCUT2D eigenvalue weighted by molar-refractivity contribution is 0.0952. The van der Waals surface area contributed by atoms with Gasteiger partial charge in [0, 0.05) is 4.90 Å². The van der Waals surface area contributed by atoms with E-state index in [9.17, 15) is 9.90 Å². The van der Waals surface area contributed by atoms with Crippen LogP contribution in [-0.2, 0) is 0 Å². The van der Waals surface area contributed by atoms with Crippen molar-refractivity contribution in [3.63, 3.8) is 0 Å². The third kappa shape index (κ3) is 4.73. The molecule has 0 atom stereocenters. The standard InChI is InChI=1S/C25H22N4O2S/c1-17-12-14-20(15-13-17)32-25-22(18(2)28-29(25)19-8-4-3-5-9-19)16-26-27-24(31)21-10-6-7-11-23(21)30/h3-16,30H,1-2H3,(H,27,31)/b26-16+. The van der Waals surface area contributed by atoms with E-state index in [1.165, 1.54) is 17.7 Å². The molecule has 0 unspecified atom stereocenters. The van der Waals surface area contributed by atoms with Crippen molar-refractivity contribution >= 4 is 23.9 Å². The molecule has 160 valence electrons. The maximum Gasteiger partial charge on any atom is 0.275 e. The number of carbonyl (C=O) groups excluding carboxylic acids is 1. The zero-order valence-electron chi connectivity index (χ0n) is 17.7. The molecule has 1 heterocycles. The first-order valence-electron chi connectivity index (χ1n) is 10.0. The zero-order chi connectivity index (χ0) is 22.5. The molecule has 32 heavy (non-hydrogen) atoms. The Morgan fingerprint density at radius 3 is 2.41 bits per heavy atom. The van der Waals surface area contributed by atoms with E-state index in [0.29, 0.717) is 0 Å². The van der Waals surface area contributed by atoms with Crippen molar-refractivity contribution in [2.75, 3.05) is 0 Å². The SMILES string of the molecule is Cc1ccc(Sc2c(/C=N/NC(=O)c3ccccc3O)c(C)nn2-c2ccccc2)cc1. The van der Waals surface area contributed by atoms with E-state index in [0.717, 1.165) is 26.9 Å². The number of phenols is 1. The Bertz CT molecular complexity index is 1270. The predicted molar refractivity (Wildman–Crippen MR) is 127 cm³/mol. The number of aromatic nitrogens is 2. The third-order valence-corrected chi connectivity index (χ3v) is 5.90. The van der Waals surface area contributed by atoms with Crippen molar-refractivity contribution in [3.05, 3.63) is 101 Å². The van der Waals surface area contributed by atoms with Crippen LogP contribution in [0.3, 0.4) is 0 Å². The Hall–Kier alpha value is -3.84. The molecule has 0 fully saturated rings. The van der Waals surface area contributed by atoms with Crippen LogP contribution in [0.25, 0.3) is 5.69 Å². The van der Waals surface area contributed by atoms with Gasteiger partial charge in [-0.25, -0.2) is 10.1 Å². The van der Waals surface area contributed by atoms with Gasteiger partial charge in [-0.05, 0) is 50.2 Å². The fraction of sp³-hybridized carbons (Fsp3) is 0.0800. The highest BCUT2D eigenvalue weighted by atomic mass is 32.2. The first-order valence-corrected chi connectivity index (χ1v) is 10.9. The van der Waals surface area contributed by atoms with Gasteiger partial charge in [-0.3, -0.25) is 4.79 Å². The lowest BCUT2D eigenvalue weighted by Crippen LogP contribution is -2.17. The Kier molecular flexibility index (Phi) is 6.37.